The number of aryl methyl sites for hydroxylation is 1. The lowest BCUT2D eigenvalue weighted by molar-refractivity contribution is -0.385. The van der Waals surface area contributed by atoms with Gasteiger partial charge < -0.3 is 8.60 Å². The molecule has 8 nitrogen and oxygen atoms in total. The molecule has 0 amide bonds. The first-order valence-corrected chi connectivity index (χ1v) is 9.76. The van der Waals surface area contributed by atoms with Crippen molar-refractivity contribution in [1.82, 2.24) is 0 Å². The van der Waals surface area contributed by atoms with E-state index in [4.69, 9.17) is 8.60 Å². The van der Waals surface area contributed by atoms with Gasteiger partial charge in [-0.1, -0.05) is 19.9 Å². The van der Waals surface area contributed by atoms with Crippen LogP contribution in [-0.2, 0) is 10.1 Å². The number of rotatable bonds is 5. The fraction of sp³-hybridized carbons (Fsp3) is 0.211. The number of non-ortho nitro benzene ring substituents is 1. The van der Waals surface area contributed by atoms with Gasteiger partial charge >= 0.3 is 15.7 Å². The van der Waals surface area contributed by atoms with Crippen LogP contribution in [-0.4, -0.2) is 13.3 Å². The largest absolute Gasteiger partial charge is 0.423 e. The zero-order valence-corrected chi connectivity index (χ0v) is 16.1. The van der Waals surface area contributed by atoms with Gasteiger partial charge in [-0.2, -0.15) is 8.42 Å². The van der Waals surface area contributed by atoms with Gasteiger partial charge in [-0.15, -0.1) is 0 Å². The van der Waals surface area contributed by atoms with Gasteiger partial charge in [-0.25, -0.2) is 4.79 Å². The van der Waals surface area contributed by atoms with Gasteiger partial charge in [0.1, 0.15) is 16.2 Å². The predicted molar refractivity (Wildman–Crippen MR) is 102 cm³/mol. The minimum atomic E-state index is -4.33. The Kier molecular flexibility index (Phi) is 4.95. The molecule has 0 atom stereocenters. The van der Waals surface area contributed by atoms with E-state index < -0.39 is 20.7 Å². The second-order valence-electron chi connectivity index (χ2n) is 6.58. The molecule has 28 heavy (non-hydrogen) atoms. The Morgan fingerprint density at radius 2 is 1.82 bits per heavy atom. The second-order valence-corrected chi connectivity index (χ2v) is 8.09. The summed E-state index contributed by atoms with van der Waals surface area (Å²) < 4.78 is 35.6. The maximum atomic E-state index is 12.6. The third-order valence-electron chi connectivity index (χ3n) is 4.23. The third-order valence-corrected chi connectivity index (χ3v) is 5.62. The topological polar surface area (TPSA) is 117 Å². The van der Waals surface area contributed by atoms with Crippen molar-refractivity contribution in [2.24, 2.45) is 0 Å². The zero-order valence-electron chi connectivity index (χ0n) is 15.3. The summed E-state index contributed by atoms with van der Waals surface area (Å²) in [4.78, 5) is 21.7. The van der Waals surface area contributed by atoms with Gasteiger partial charge in [0.05, 0.1) is 4.92 Å². The minimum Gasteiger partial charge on any atom is -0.423 e. The fourth-order valence-electron chi connectivity index (χ4n) is 2.84. The van der Waals surface area contributed by atoms with Crippen molar-refractivity contribution in [2.45, 2.75) is 31.6 Å². The SMILES string of the molecule is Cc1ccc([N+](=O)[O-])cc1S(=O)(=O)Oc1ccc2c(C(C)C)cc(=O)oc2c1. The summed E-state index contributed by atoms with van der Waals surface area (Å²) in [5.41, 5.74) is 0.361. The van der Waals surface area contributed by atoms with Crippen molar-refractivity contribution in [3.8, 4) is 5.75 Å². The van der Waals surface area contributed by atoms with Gasteiger partial charge in [0, 0.05) is 29.7 Å². The lowest BCUT2D eigenvalue weighted by atomic mass is 10.00. The second kappa shape index (κ2) is 7.08. The molecule has 0 spiro atoms. The molecule has 0 aliphatic carbocycles. The molecule has 9 heteroatoms. The normalized spacial score (nSPS) is 11.7. The number of fused-ring (bicyclic) bond motifs is 1. The minimum absolute atomic E-state index is 0.0645. The van der Waals surface area contributed by atoms with E-state index in [-0.39, 0.29) is 27.8 Å². The highest BCUT2D eigenvalue weighted by molar-refractivity contribution is 7.87. The van der Waals surface area contributed by atoms with E-state index >= 15 is 0 Å². The van der Waals surface area contributed by atoms with Crippen LogP contribution >= 0.6 is 0 Å². The van der Waals surface area contributed by atoms with E-state index in [0.29, 0.717) is 10.9 Å². The predicted octanol–water partition coefficient (Wildman–Crippen LogP) is 3.90. The number of nitrogens with zero attached hydrogens (tertiary/aromatic N) is 1. The summed E-state index contributed by atoms with van der Waals surface area (Å²) >= 11 is 0. The fourth-order valence-corrected chi connectivity index (χ4v) is 4.02. The summed E-state index contributed by atoms with van der Waals surface area (Å²) in [6.07, 6.45) is 0. The van der Waals surface area contributed by atoms with Gasteiger partial charge in [-0.05, 0) is 36.1 Å². The average Bonchev–Trinajstić information content (AvgIpc) is 2.60. The molecular weight excluding hydrogens is 386 g/mol. The number of nitro benzene ring substituents is 1. The molecule has 0 unspecified atom stereocenters. The molecule has 1 aromatic heterocycles. The van der Waals surface area contributed by atoms with Crippen molar-refractivity contribution in [3.05, 3.63) is 74.1 Å². The average molecular weight is 403 g/mol. The molecule has 1 heterocycles. The van der Waals surface area contributed by atoms with Crippen molar-refractivity contribution < 1.29 is 21.9 Å². The molecule has 146 valence electrons. The standard InChI is InChI=1S/C19H17NO7S/c1-11(2)16-10-19(21)26-17-9-14(6-7-15(16)17)27-28(24,25)18-8-13(20(22)23)5-4-12(18)3/h4-11H,1-3H3. The molecule has 0 bridgehead atoms. The van der Waals surface area contributed by atoms with Crippen LogP contribution in [0, 0.1) is 17.0 Å². The van der Waals surface area contributed by atoms with Gasteiger partial charge in [0.15, 0.2) is 0 Å². The van der Waals surface area contributed by atoms with E-state index in [1.165, 1.54) is 37.3 Å². The quantitative estimate of drug-likeness (QED) is 0.274. The molecule has 0 N–H and O–H groups in total. The summed E-state index contributed by atoms with van der Waals surface area (Å²) in [6, 6.07) is 9.26. The van der Waals surface area contributed by atoms with Gasteiger partial charge in [0.2, 0.25) is 0 Å². The highest BCUT2D eigenvalue weighted by Gasteiger charge is 2.23. The third kappa shape index (κ3) is 3.74. The molecule has 0 aliphatic heterocycles. The molecule has 2 aromatic carbocycles. The van der Waals surface area contributed by atoms with E-state index in [2.05, 4.69) is 0 Å². The Balaban J connectivity index is 2.06. The zero-order chi connectivity index (χ0) is 20.6. The first-order chi connectivity index (χ1) is 13.1. The van der Waals surface area contributed by atoms with Crippen molar-refractivity contribution in [3.63, 3.8) is 0 Å². The summed E-state index contributed by atoms with van der Waals surface area (Å²) in [7, 11) is -4.33. The van der Waals surface area contributed by atoms with Gasteiger partial charge in [0.25, 0.3) is 5.69 Å². The summed E-state index contributed by atoms with van der Waals surface area (Å²) in [5, 5.41) is 11.6. The highest BCUT2D eigenvalue weighted by Crippen LogP contribution is 2.29. The van der Waals surface area contributed by atoms with E-state index in [0.717, 1.165) is 11.6 Å². The molecular formula is C19H17NO7S. The molecule has 3 rings (SSSR count). The molecule has 3 aromatic rings. The molecule has 0 fully saturated rings. The Hall–Kier alpha value is -3.20. The summed E-state index contributed by atoms with van der Waals surface area (Å²) in [6.45, 7) is 5.36. The Morgan fingerprint density at radius 3 is 2.46 bits per heavy atom. The van der Waals surface area contributed by atoms with Crippen LogP contribution in [0.2, 0.25) is 0 Å². The number of benzene rings is 2. The summed E-state index contributed by atoms with van der Waals surface area (Å²) in [5.74, 6) is -0.00270. The Morgan fingerprint density at radius 1 is 1.11 bits per heavy atom. The lowest BCUT2D eigenvalue weighted by Crippen LogP contribution is -2.12. The molecule has 0 saturated heterocycles. The van der Waals surface area contributed by atoms with E-state index in [1.807, 2.05) is 13.8 Å². The van der Waals surface area contributed by atoms with Crippen LogP contribution in [0.4, 0.5) is 5.69 Å². The Bertz CT molecular complexity index is 1240. The lowest BCUT2D eigenvalue weighted by Gasteiger charge is -2.11. The van der Waals surface area contributed by atoms with Crippen molar-refractivity contribution >= 4 is 26.8 Å². The molecule has 0 radical (unpaired) electrons. The maximum absolute atomic E-state index is 12.6. The van der Waals surface area contributed by atoms with Crippen LogP contribution in [0.15, 0.2) is 56.6 Å². The van der Waals surface area contributed by atoms with E-state index in [9.17, 15) is 23.3 Å². The van der Waals surface area contributed by atoms with Crippen molar-refractivity contribution in [1.29, 1.82) is 0 Å². The maximum Gasteiger partial charge on any atom is 0.339 e. The first kappa shape index (κ1) is 19.6. The van der Waals surface area contributed by atoms with Crippen LogP contribution < -0.4 is 9.81 Å². The highest BCUT2D eigenvalue weighted by atomic mass is 32.2. The van der Waals surface area contributed by atoms with Crippen LogP contribution in [0.1, 0.15) is 30.9 Å². The first-order valence-electron chi connectivity index (χ1n) is 8.36. The number of nitro groups is 1. The van der Waals surface area contributed by atoms with Crippen LogP contribution in [0.25, 0.3) is 11.0 Å². The number of hydrogen-bond acceptors (Lipinski definition) is 7. The number of hydrogen-bond donors (Lipinski definition) is 0. The van der Waals surface area contributed by atoms with E-state index in [1.54, 1.807) is 6.07 Å². The molecule has 0 aliphatic rings. The molecule has 0 saturated carbocycles. The monoisotopic (exact) mass is 403 g/mol. The van der Waals surface area contributed by atoms with Gasteiger partial charge in [-0.3, -0.25) is 10.1 Å². The smallest absolute Gasteiger partial charge is 0.339 e. The Labute approximate surface area is 160 Å². The van der Waals surface area contributed by atoms with Crippen molar-refractivity contribution in [2.75, 3.05) is 0 Å². The van der Waals surface area contributed by atoms with Crippen LogP contribution in [0.3, 0.4) is 0 Å². The van der Waals surface area contributed by atoms with Crippen LogP contribution in [0.5, 0.6) is 5.75 Å².